The molecular formula is C17H28N2. The van der Waals surface area contributed by atoms with Crippen molar-refractivity contribution in [3.63, 3.8) is 0 Å². The topological polar surface area (TPSA) is 15.3 Å². The second-order valence-electron chi connectivity index (χ2n) is 6.08. The third kappa shape index (κ3) is 3.50. The molecule has 106 valence electrons. The average Bonchev–Trinajstić information content (AvgIpc) is 2.37. The predicted molar refractivity (Wildman–Crippen MR) is 83.8 cm³/mol. The standard InChI is InChI=1S/C17H28N2/c1-5-18-12-16-11-13(2)6-7-17(16)19-9-8-14(3)10-15(19)4/h6-7,11,14-15,18H,5,8-10,12H2,1-4H3. The van der Waals surface area contributed by atoms with Gasteiger partial charge in [0.1, 0.15) is 0 Å². The van der Waals surface area contributed by atoms with Crippen molar-refractivity contribution >= 4 is 5.69 Å². The van der Waals surface area contributed by atoms with E-state index in [9.17, 15) is 0 Å². The summed E-state index contributed by atoms with van der Waals surface area (Å²) >= 11 is 0. The van der Waals surface area contributed by atoms with Gasteiger partial charge in [0.2, 0.25) is 0 Å². The fourth-order valence-electron chi connectivity index (χ4n) is 3.16. The number of nitrogens with one attached hydrogen (secondary N) is 1. The van der Waals surface area contributed by atoms with E-state index < -0.39 is 0 Å². The van der Waals surface area contributed by atoms with Crippen molar-refractivity contribution in [2.45, 2.75) is 53.1 Å². The Morgan fingerprint density at radius 3 is 2.79 bits per heavy atom. The summed E-state index contributed by atoms with van der Waals surface area (Å²) < 4.78 is 0. The molecular weight excluding hydrogens is 232 g/mol. The predicted octanol–water partition coefficient (Wildman–Crippen LogP) is 3.73. The fourth-order valence-corrected chi connectivity index (χ4v) is 3.16. The van der Waals surface area contributed by atoms with Gasteiger partial charge in [-0.2, -0.15) is 0 Å². The molecule has 1 aromatic rings. The number of anilines is 1. The van der Waals surface area contributed by atoms with Crippen LogP contribution in [0.25, 0.3) is 0 Å². The van der Waals surface area contributed by atoms with Crippen molar-refractivity contribution in [3.8, 4) is 0 Å². The minimum Gasteiger partial charge on any atom is -0.369 e. The van der Waals surface area contributed by atoms with Crippen LogP contribution in [0.5, 0.6) is 0 Å². The second kappa shape index (κ2) is 6.42. The molecule has 1 N–H and O–H groups in total. The molecule has 1 heterocycles. The van der Waals surface area contributed by atoms with Gasteiger partial charge in [0.05, 0.1) is 0 Å². The van der Waals surface area contributed by atoms with Gasteiger partial charge >= 0.3 is 0 Å². The normalized spacial score (nSPS) is 23.7. The van der Waals surface area contributed by atoms with E-state index >= 15 is 0 Å². The van der Waals surface area contributed by atoms with Gasteiger partial charge in [0.15, 0.2) is 0 Å². The van der Waals surface area contributed by atoms with Crippen LogP contribution in [0, 0.1) is 12.8 Å². The highest BCUT2D eigenvalue weighted by molar-refractivity contribution is 5.56. The molecule has 19 heavy (non-hydrogen) atoms. The van der Waals surface area contributed by atoms with Crippen LogP contribution < -0.4 is 10.2 Å². The maximum absolute atomic E-state index is 3.47. The van der Waals surface area contributed by atoms with Crippen LogP contribution in [0.3, 0.4) is 0 Å². The molecule has 1 aromatic carbocycles. The van der Waals surface area contributed by atoms with Gasteiger partial charge in [-0.25, -0.2) is 0 Å². The number of aryl methyl sites for hydroxylation is 1. The van der Waals surface area contributed by atoms with Crippen molar-refractivity contribution in [3.05, 3.63) is 29.3 Å². The maximum atomic E-state index is 3.47. The first-order chi connectivity index (χ1) is 9.11. The smallest absolute Gasteiger partial charge is 0.0414 e. The molecule has 0 radical (unpaired) electrons. The summed E-state index contributed by atoms with van der Waals surface area (Å²) in [5.41, 5.74) is 4.24. The fraction of sp³-hybridized carbons (Fsp3) is 0.647. The highest BCUT2D eigenvalue weighted by Gasteiger charge is 2.24. The van der Waals surface area contributed by atoms with Crippen LogP contribution >= 0.6 is 0 Å². The van der Waals surface area contributed by atoms with Crippen LogP contribution in [0.2, 0.25) is 0 Å². The first-order valence-electron chi connectivity index (χ1n) is 7.68. The quantitative estimate of drug-likeness (QED) is 0.887. The lowest BCUT2D eigenvalue weighted by atomic mass is 9.92. The summed E-state index contributed by atoms with van der Waals surface area (Å²) in [5, 5.41) is 3.47. The molecule has 2 heteroatoms. The van der Waals surface area contributed by atoms with Gasteiger partial charge in [-0.3, -0.25) is 0 Å². The van der Waals surface area contributed by atoms with Gasteiger partial charge in [-0.15, -0.1) is 0 Å². The molecule has 0 bridgehead atoms. The Morgan fingerprint density at radius 1 is 1.32 bits per heavy atom. The minimum atomic E-state index is 0.659. The zero-order chi connectivity index (χ0) is 13.8. The van der Waals surface area contributed by atoms with Crippen LogP contribution in [-0.2, 0) is 6.54 Å². The summed E-state index contributed by atoms with van der Waals surface area (Å²) in [6.07, 6.45) is 2.63. The van der Waals surface area contributed by atoms with E-state index in [1.54, 1.807) is 0 Å². The van der Waals surface area contributed by atoms with E-state index in [1.165, 1.54) is 36.2 Å². The zero-order valence-corrected chi connectivity index (χ0v) is 12.9. The average molecular weight is 260 g/mol. The maximum Gasteiger partial charge on any atom is 0.0414 e. The Hall–Kier alpha value is -1.02. The lowest BCUT2D eigenvalue weighted by molar-refractivity contribution is 0.377. The number of rotatable bonds is 4. The highest BCUT2D eigenvalue weighted by atomic mass is 15.2. The summed E-state index contributed by atoms with van der Waals surface area (Å²) in [6, 6.07) is 7.55. The molecule has 1 fully saturated rings. The third-order valence-electron chi connectivity index (χ3n) is 4.25. The van der Waals surface area contributed by atoms with Crippen molar-refractivity contribution in [2.75, 3.05) is 18.0 Å². The summed E-state index contributed by atoms with van der Waals surface area (Å²) in [6.45, 7) is 12.3. The molecule has 0 aliphatic carbocycles. The molecule has 2 nitrogen and oxygen atoms in total. The number of piperidine rings is 1. The van der Waals surface area contributed by atoms with E-state index in [0.717, 1.165) is 19.0 Å². The van der Waals surface area contributed by atoms with Gasteiger partial charge in [0, 0.05) is 24.8 Å². The van der Waals surface area contributed by atoms with Crippen molar-refractivity contribution < 1.29 is 0 Å². The van der Waals surface area contributed by atoms with Gasteiger partial charge in [0.25, 0.3) is 0 Å². The highest BCUT2D eigenvalue weighted by Crippen LogP contribution is 2.30. The van der Waals surface area contributed by atoms with Gasteiger partial charge in [-0.05, 0) is 50.8 Å². The lowest BCUT2D eigenvalue weighted by Crippen LogP contribution is -2.41. The van der Waals surface area contributed by atoms with Crippen LogP contribution in [0.15, 0.2) is 18.2 Å². The Labute approximate surface area is 118 Å². The molecule has 0 saturated carbocycles. The van der Waals surface area contributed by atoms with E-state index in [0.29, 0.717) is 6.04 Å². The molecule has 1 aliphatic heterocycles. The van der Waals surface area contributed by atoms with Crippen molar-refractivity contribution in [2.24, 2.45) is 5.92 Å². The van der Waals surface area contributed by atoms with Gasteiger partial charge in [-0.1, -0.05) is 31.5 Å². The van der Waals surface area contributed by atoms with Crippen molar-refractivity contribution in [1.82, 2.24) is 5.32 Å². The summed E-state index contributed by atoms with van der Waals surface area (Å²) in [4.78, 5) is 2.60. The molecule has 2 unspecified atom stereocenters. The first kappa shape index (κ1) is 14.4. The zero-order valence-electron chi connectivity index (χ0n) is 12.9. The molecule has 2 rings (SSSR count). The summed E-state index contributed by atoms with van der Waals surface area (Å²) in [5.74, 6) is 0.869. The third-order valence-corrected chi connectivity index (χ3v) is 4.25. The number of benzene rings is 1. The second-order valence-corrected chi connectivity index (χ2v) is 6.08. The minimum absolute atomic E-state index is 0.659. The molecule has 2 atom stereocenters. The van der Waals surface area contributed by atoms with Gasteiger partial charge < -0.3 is 10.2 Å². The lowest BCUT2D eigenvalue weighted by Gasteiger charge is -2.39. The largest absolute Gasteiger partial charge is 0.369 e. The molecule has 0 amide bonds. The Balaban J connectivity index is 2.22. The Bertz CT molecular complexity index is 414. The van der Waals surface area contributed by atoms with Crippen LogP contribution in [-0.4, -0.2) is 19.1 Å². The monoisotopic (exact) mass is 260 g/mol. The van der Waals surface area contributed by atoms with Crippen LogP contribution in [0.1, 0.15) is 44.7 Å². The van der Waals surface area contributed by atoms with Crippen molar-refractivity contribution in [1.29, 1.82) is 0 Å². The molecule has 0 spiro atoms. The van der Waals surface area contributed by atoms with E-state index in [4.69, 9.17) is 0 Å². The van der Waals surface area contributed by atoms with E-state index in [1.807, 2.05) is 0 Å². The Morgan fingerprint density at radius 2 is 2.11 bits per heavy atom. The molecule has 0 aromatic heterocycles. The summed E-state index contributed by atoms with van der Waals surface area (Å²) in [7, 11) is 0. The number of nitrogens with zero attached hydrogens (tertiary/aromatic N) is 1. The Kier molecular flexibility index (Phi) is 4.87. The SMILES string of the molecule is CCNCc1cc(C)ccc1N1CCC(C)CC1C. The first-order valence-corrected chi connectivity index (χ1v) is 7.68. The number of hydrogen-bond donors (Lipinski definition) is 1. The van der Waals surface area contributed by atoms with Crippen LogP contribution in [0.4, 0.5) is 5.69 Å². The molecule has 1 saturated heterocycles. The number of hydrogen-bond acceptors (Lipinski definition) is 2. The van der Waals surface area contributed by atoms with E-state index in [-0.39, 0.29) is 0 Å². The molecule has 1 aliphatic rings. The van der Waals surface area contributed by atoms with E-state index in [2.05, 4.69) is 56.1 Å².